The zero-order valence-corrected chi connectivity index (χ0v) is 19.6. The van der Waals surface area contributed by atoms with Crippen molar-refractivity contribution in [3.8, 4) is 0 Å². The Kier molecular flexibility index (Phi) is 5.59. The zero-order chi connectivity index (χ0) is 21.0. The molecule has 3 fully saturated rings. The van der Waals surface area contributed by atoms with Crippen LogP contribution in [0.5, 0.6) is 0 Å². The summed E-state index contributed by atoms with van der Waals surface area (Å²) in [6, 6.07) is 0. The van der Waals surface area contributed by atoms with Crippen LogP contribution in [0, 0.1) is 39.9 Å². The molecule has 0 amide bonds. The number of allylic oxidation sites excluding steroid dienone is 1. The van der Waals surface area contributed by atoms with Crippen molar-refractivity contribution in [3.05, 3.63) is 11.6 Å². The van der Waals surface area contributed by atoms with Crippen LogP contribution >= 0.6 is 0 Å². The van der Waals surface area contributed by atoms with Gasteiger partial charge < -0.3 is 5.11 Å². The van der Waals surface area contributed by atoms with Crippen LogP contribution in [0.15, 0.2) is 11.6 Å². The van der Waals surface area contributed by atoms with E-state index in [0.29, 0.717) is 17.1 Å². The summed E-state index contributed by atoms with van der Waals surface area (Å²) in [5, 5.41) is 10.2. The maximum Gasteiger partial charge on any atom is 0.137 e. The van der Waals surface area contributed by atoms with Gasteiger partial charge in [-0.2, -0.15) is 0 Å². The summed E-state index contributed by atoms with van der Waals surface area (Å²) in [7, 11) is 0. The second-order valence-corrected chi connectivity index (χ2v) is 12.8. The predicted octanol–water partition coefficient (Wildman–Crippen LogP) is 6.71. The first-order chi connectivity index (χ1) is 13.5. The molecule has 2 nitrogen and oxygen atoms in total. The lowest BCUT2D eigenvalue weighted by Crippen LogP contribution is -2.54. The van der Waals surface area contributed by atoms with Gasteiger partial charge in [-0.15, -0.1) is 0 Å². The van der Waals surface area contributed by atoms with Crippen LogP contribution in [0.4, 0.5) is 0 Å². The summed E-state index contributed by atoms with van der Waals surface area (Å²) in [6.45, 7) is 11.8. The fraction of sp³-hybridized carbons (Fsp3) is 0.889. The van der Waals surface area contributed by atoms with Gasteiger partial charge in [0, 0.05) is 12.3 Å². The van der Waals surface area contributed by atoms with Crippen molar-refractivity contribution in [1.82, 2.24) is 0 Å². The third kappa shape index (κ3) is 3.77. The van der Waals surface area contributed by atoms with Crippen molar-refractivity contribution < 1.29 is 9.90 Å². The van der Waals surface area contributed by atoms with Gasteiger partial charge in [0.05, 0.1) is 6.10 Å². The van der Waals surface area contributed by atoms with Gasteiger partial charge in [-0.25, -0.2) is 0 Å². The van der Waals surface area contributed by atoms with Gasteiger partial charge in [0.25, 0.3) is 0 Å². The number of hydrogen-bond donors (Lipinski definition) is 1. The molecule has 164 valence electrons. The molecule has 0 bridgehead atoms. The molecule has 0 aromatic carbocycles. The summed E-state index contributed by atoms with van der Waals surface area (Å²) in [4.78, 5) is 13.6. The highest BCUT2D eigenvalue weighted by atomic mass is 16.3. The third-order valence-corrected chi connectivity index (χ3v) is 9.69. The second-order valence-electron chi connectivity index (χ2n) is 12.8. The standard InChI is InChI=1S/C27H44O2/c1-25(2,3)14-7-6-8-18-10-12-22-21-11-9-19-16-20(28)13-15-26(19,4)24(21)23(29)17-27(18,22)5/h9,18,20-22,24,28H,6-8,10-17H2,1-5H3. The van der Waals surface area contributed by atoms with Crippen molar-refractivity contribution >= 4 is 5.78 Å². The van der Waals surface area contributed by atoms with E-state index in [2.05, 4.69) is 40.7 Å². The van der Waals surface area contributed by atoms with E-state index in [4.69, 9.17) is 0 Å². The molecule has 29 heavy (non-hydrogen) atoms. The lowest BCUT2D eigenvalue weighted by Gasteiger charge is -2.57. The van der Waals surface area contributed by atoms with Crippen LogP contribution in [0.1, 0.15) is 105 Å². The zero-order valence-electron chi connectivity index (χ0n) is 19.6. The molecule has 0 saturated heterocycles. The van der Waals surface area contributed by atoms with Gasteiger partial charge in [0.2, 0.25) is 0 Å². The number of carbonyl (C=O) groups is 1. The summed E-state index contributed by atoms with van der Waals surface area (Å²) in [5.41, 5.74) is 2.08. The number of aliphatic hydroxyl groups is 1. The third-order valence-electron chi connectivity index (χ3n) is 9.69. The van der Waals surface area contributed by atoms with E-state index in [1.165, 1.54) is 44.1 Å². The van der Waals surface area contributed by atoms with Crippen molar-refractivity contribution in [2.75, 3.05) is 0 Å². The number of Topliss-reactive ketones (excluding diaryl/α,β-unsaturated/α-hetero) is 1. The molecular weight excluding hydrogens is 356 g/mol. The molecule has 3 saturated carbocycles. The van der Waals surface area contributed by atoms with Gasteiger partial charge in [-0.1, -0.05) is 59.1 Å². The molecule has 0 spiro atoms. The molecule has 7 unspecified atom stereocenters. The van der Waals surface area contributed by atoms with Crippen LogP contribution in [-0.4, -0.2) is 17.0 Å². The predicted molar refractivity (Wildman–Crippen MR) is 120 cm³/mol. The van der Waals surface area contributed by atoms with Gasteiger partial charge in [-0.3, -0.25) is 4.79 Å². The molecule has 0 aromatic heterocycles. The first-order valence-electron chi connectivity index (χ1n) is 12.4. The molecule has 0 radical (unpaired) electrons. The molecular formula is C27H44O2. The van der Waals surface area contributed by atoms with E-state index in [9.17, 15) is 9.90 Å². The van der Waals surface area contributed by atoms with Crippen LogP contribution in [0.25, 0.3) is 0 Å². The highest BCUT2D eigenvalue weighted by molar-refractivity contribution is 5.85. The smallest absolute Gasteiger partial charge is 0.137 e. The number of ketones is 1. The molecule has 4 aliphatic carbocycles. The number of fused-ring (bicyclic) bond motifs is 5. The first-order valence-corrected chi connectivity index (χ1v) is 12.4. The normalized spacial score (nSPS) is 44.7. The average molecular weight is 401 g/mol. The van der Waals surface area contributed by atoms with Crippen LogP contribution in [0.2, 0.25) is 0 Å². The van der Waals surface area contributed by atoms with E-state index < -0.39 is 0 Å². The van der Waals surface area contributed by atoms with E-state index in [-0.39, 0.29) is 22.9 Å². The van der Waals surface area contributed by atoms with Gasteiger partial charge >= 0.3 is 0 Å². The van der Waals surface area contributed by atoms with Crippen molar-refractivity contribution in [2.45, 2.75) is 111 Å². The number of hydrogen-bond acceptors (Lipinski definition) is 2. The fourth-order valence-corrected chi connectivity index (χ4v) is 8.09. The monoisotopic (exact) mass is 400 g/mol. The van der Waals surface area contributed by atoms with Crippen LogP contribution < -0.4 is 0 Å². The molecule has 4 aliphatic rings. The maximum absolute atomic E-state index is 13.6. The molecule has 0 aliphatic heterocycles. The van der Waals surface area contributed by atoms with Crippen LogP contribution in [0.3, 0.4) is 0 Å². The van der Waals surface area contributed by atoms with Gasteiger partial charge in [0.15, 0.2) is 0 Å². The van der Waals surface area contributed by atoms with E-state index in [1.807, 2.05) is 0 Å². The Morgan fingerprint density at radius 1 is 1.14 bits per heavy atom. The summed E-state index contributed by atoms with van der Waals surface area (Å²) in [5.74, 6) is 2.78. The summed E-state index contributed by atoms with van der Waals surface area (Å²) < 4.78 is 0. The molecule has 7 atom stereocenters. The molecule has 4 rings (SSSR count). The van der Waals surface area contributed by atoms with Crippen LogP contribution in [-0.2, 0) is 4.79 Å². The Balaban J connectivity index is 1.49. The summed E-state index contributed by atoms with van der Waals surface area (Å²) in [6.07, 6.45) is 14.7. The Morgan fingerprint density at radius 2 is 1.90 bits per heavy atom. The topological polar surface area (TPSA) is 37.3 Å². The minimum Gasteiger partial charge on any atom is -0.393 e. The Bertz CT molecular complexity index is 671. The molecule has 0 aromatic rings. The fourth-order valence-electron chi connectivity index (χ4n) is 8.09. The van der Waals surface area contributed by atoms with Crippen molar-refractivity contribution in [1.29, 1.82) is 0 Å². The molecule has 1 N–H and O–H groups in total. The molecule has 0 heterocycles. The van der Waals surface area contributed by atoms with Gasteiger partial charge in [0.1, 0.15) is 5.78 Å². The largest absolute Gasteiger partial charge is 0.393 e. The lowest BCUT2D eigenvalue weighted by molar-refractivity contribution is -0.144. The Labute approximate surface area is 178 Å². The number of aliphatic hydroxyl groups excluding tert-OH is 1. The Morgan fingerprint density at radius 3 is 2.62 bits per heavy atom. The van der Waals surface area contributed by atoms with Crippen molar-refractivity contribution in [2.24, 2.45) is 39.9 Å². The quantitative estimate of drug-likeness (QED) is 0.420. The van der Waals surface area contributed by atoms with Crippen molar-refractivity contribution in [3.63, 3.8) is 0 Å². The van der Waals surface area contributed by atoms with E-state index in [0.717, 1.165) is 43.9 Å². The maximum atomic E-state index is 13.6. The first kappa shape index (κ1) is 21.6. The summed E-state index contributed by atoms with van der Waals surface area (Å²) >= 11 is 0. The average Bonchev–Trinajstić information content (AvgIpc) is 2.94. The Hall–Kier alpha value is -0.630. The van der Waals surface area contributed by atoms with E-state index >= 15 is 0 Å². The number of rotatable bonds is 4. The minimum absolute atomic E-state index is 0.0192. The minimum atomic E-state index is -0.196. The van der Waals surface area contributed by atoms with E-state index in [1.54, 1.807) is 0 Å². The molecule has 2 heteroatoms. The van der Waals surface area contributed by atoms with Gasteiger partial charge in [-0.05, 0) is 85.4 Å². The SMILES string of the molecule is CC(C)(C)CCCCC1CCC2C3CC=C4CC(O)CCC4(C)C3C(=O)CC12C. The highest BCUT2D eigenvalue weighted by Crippen LogP contribution is 2.65. The number of unbranched alkanes of at least 4 members (excludes halogenated alkanes) is 1. The lowest BCUT2D eigenvalue weighted by atomic mass is 9.47. The number of carbonyl (C=O) groups excluding carboxylic acids is 1. The highest BCUT2D eigenvalue weighted by Gasteiger charge is 2.61. The second kappa shape index (κ2) is 7.50.